The second kappa shape index (κ2) is 3.01. The van der Waals surface area contributed by atoms with Crippen molar-refractivity contribution in [3.63, 3.8) is 0 Å². The molecule has 1 aliphatic carbocycles. The van der Waals surface area contributed by atoms with Crippen LogP contribution in [-0.4, -0.2) is 6.10 Å². The molecule has 0 saturated heterocycles. The van der Waals surface area contributed by atoms with Crippen LogP contribution in [0.15, 0.2) is 0 Å². The van der Waals surface area contributed by atoms with Gasteiger partial charge < -0.3 is 4.52 Å². The van der Waals surface area contributed by atoms with E-state index in [4.69, 9.17) is 15.5 Å². The minimum absolute atomic E-state index is 0.0424. The van der Waals surface area contributed by atoms with Gasteiger partial charge >= 0.3 is 7.67 Å². The Morgan fingerprint density at radius 2 is 1.80 bits per heavy atom. The summed E-state index contributed by atoms with van der Waals surface area (Å²) in [7, 11) is -3.21. The summed E-state index contributed by atoms with van der Waals surface area (Å²) in [6, 6.07) is 0. The molecule has 60 valence electrons. The lowest BCUT2D eigenvalue weighted by atomic mass is 10.3. The van der Waals surface area contributed by atoms with E-state index in [9.17, 15) is 4.57 Å². The fraction of sp³-hybridized carbons (Fsp3) is 1.00. The molecule has 5 heteroatoms. The van der Waals surface area contributed by atoms with Crippen molar-refractivity contribution in [1.82, 2.24) is 0 Å². The van der Waals surface area contributed by atoms with E-state index in [2.05, 4.69) is 0 Å². The molecule has 1 aliphatic rings. The molecule has 1 fully saturated rings. The Morgan fingerprint density at radius 1 is 1.30 bits per heavy atom. The number of hydrogen-bond acceptors (Lipinski definition) is 2. The fourth-order valence-corrected chi connectivity index (χ4v) is 1.90. The highest BCUT2D eigenvalue weighted by Crippen LogP contribution is 2.34. The van der Waals surface area contributed by atoms with Gasteiger partial charge in [0.25, 0.3) is 0 Å². The molecule has 0 aromatic heterocycles. The first-order valence-electron chi connectivity index (χ1n) is 3.43. The Hall–Kier alpha value is 0.110. The summed E-state index contributed by atoms with van der Waals surface area (Å²) in [6.45, 7) is 0. The second-order valence-electron chi connectivity index (χ2n) is 2.66. The van der Waals surface area contributed by atoms with Crippen LogP contribution in [0.3, 0.4) is 0 Å². The Morgan fingerprint density at radius 3 is 2.20 bits per heavy atom. The highest BCUT2D eigenvalue weighted by Gasteiger charge is 2.21. The molecule has 4 N–H and O–H groups in total. The van der Waals surface area contributed by atoms with Gasteiger partial charge in [0.2, 0.25) is 0 Å². The van der Waals surface area contributed by atoms with E-state index in [1.165, 1.54) is 0 Å². The molecule has 0 aromatic rings. The summed E-state index contributed by atoms with van der Waals surface area (Å²) >= 11 is 0. The Kier molecular flexibility index (Phi) is 2.47. The Balaban J connectivity index is 2.31. The zero-order valence-electron chi connectivity index (χ0n) is 5.82. The van der Waals surface area contributed by atoms with Crippen LogP contribution >= 0.6 is 7.67 Å². The number of rotatable bonds is 2. The lowest BCUT2D eigenvalue weighted by Crippen LogP contribution is -2.15. The minimum atomic E-state index is -3.21. The molecule has 1 saturated carbocycles. The third kappa shape index (κ3) is 2.80. The molecule has 0 bridgehead atoms. The van der Waals surface area contributed by atoms with Gasteiger partial charge in [-0.15, -0.1) is 0 Å². The molecule has 0 aromatic carbocycles. The van der Waals surface area contributed by atoms with Gasteiger partial charge in [-0.3, -0.25) is 4.57 Å². The van der Waals surface area contributed by atoms with Gasteiger partial charge in [0.1, 0.15) is 0 Å². The predicted octanol–water partition coefficient (Wildman–Crippen LogP) is 0.971. The zero-order valence-corrected chi connectivity index (χ0v) is 6.72. The maximum atomic E-state index is 10.7. The maximum Gasteiger partial charge on any atom is 0.335 e. The predicted molar refractivity (Wildman–Crippen MR) is 39.3 cm³/mol. The summed E-state index contributed by atoms with van der Waals surface area (Å²) in [4.78, 5) is 0. The van der Waals surface area contributed by atoms with Gasteiger partial charge in [0.05, 0.1) is 6.10 Å². The molecule has 10 heavy (non-hydrogen) atoms. The Labute approximate surface area is 60.5 Å². The molecule has 0 spiro atoms. The Bertz CT molecular complexity index is 150. The quantitative estimate of drug-likeness (QED) is 0.596. The summed E-state index contributed by atoms with van der Waals surface area (Å²) in [5, 5.41) is 0. The van der Waals surface area contributed by atoms with Crippen molar-refractivity contribution in [3.05, 3.63) is 0 Å². The number of hydrogen-bond donors (Lipinski definition) is 2. The first-order valence-corrected chi connectivity index (χ1v) is 5.20. The van der Waals surface area contributed by atoms with E-state index in [1.807, 2.05) is 0 Å². The normalized spacial score (nSPS) is 21.8. The first-order chi connectivity index (χ1) is 4.58. The van der Waals surface area contributed by atoms with Crippen LogP contribution < -0.4 is 11.0 Å². The summed E-state index contributed by atoms with van der Waals surface area (Å²) < 4.78 is 15.6. The van der Waals surface area contributed by atoms with Crippen molar-refractivity contribution in [2.24, 2.45) is 11.0 Å². The van der Waals surface area contributed by atoms with Gasteiger partial charge in [-0.2, -0.15) is 0 Å². The lowest BCUT2D eigenvalue weighted by molar-refractivity contribution is 0.212. The zero-order chi connectivity index (χ0) is 7.61. The van der Waals surface area contributed by atoms with Crippen LogP contribution in [-0.2, 0) is 9.09 Å². The highest BCUT2D eigenvalue weighted by molar-refractivity contribution is 7.53. The van der Waals surface area contributed by atoms with Gasteiger partial charge in [0, 0.05) is 0 Å². The SMILES string of the molecule is NP(N)(=O)OC1CCCC1. The molecule has 1 rings (SSSR count). The third-order valence-electron chi connectivity index (χ3n) is 1.62. The van der Waals surface area contributed by atoms with Crippen molar-refractivity contribution in [2.75, 3.05) is 0 Å². The topological polar surface area (TPSA) is 78.3 Å². The van der Waals surface area contributed by atoms with E-state index >= 15 is 0 Å². The monoisotopic (exact) mass is 164 g/mol. The average Bonchev–Trinajstić information content (AvgIpc) is 2.12. The molecule has 0 amide bonds. The van der Waals surface area contributed by atoms with E-state index in [0.29, 0.717) is 0 Å². The summed E-state index contributed by atoms with van der Waals surface area (Å²) in [5.41, 5.74) is 10.1. The average molecular weight is 164 g/mol. The summed E-state index contributed by atoms with van der Waals surface area (Å²) in [6.07, 6.45) is 4.19. The number of nitrogens with two attached hydrogens (primary N) is 2. The van der Waals surface area contributed by atoms with Gasteiger partial charge in [-0.25, -0.2) is 11.0 Å². The van der Waals surface area contributed by atoms with Gasteiger partial charge in [-0.1, -0.05) is 12.8 Å². The third-order valence-corrected chi connectivity index (χ3v) is 2.24. The molecular formula is C5H13N2O2P. The molecular weight excluding hydrogens is 151 g/mol. The van der Waals surface area contributed by atoms with Crippen LogP contribution in [0.1, 0.15) is 25.7 Å². The van der Waals surface area contributed by atoms with Gasteiger partial charge in [0.15, 0.2) is 0 Å². The van der Waals surface area contributed by atoms with Crippen LogP contribution in [0.5, 0.6) is 0 Å². The summed E-state index contributed by atoms with van der Waals surface area (Å²) in [5.74, 6) is 0. The van der Waals surface area contributed by atoms with Crippen molar-refractivity contribution in [1.29, 1.82) is 0 Å². The van der Waals surface area contributed by atoms with Crippen LogP contribution in [0.25, 0.3) is 0 Å². The van der Waals surface area contributed by atoms with Crippen LogP contribution in [0.4, 0.5) is 0 Å². The van der Waals surface area contributed by atoms with Crippen molar-refractivity contribution in [2.45, 2.75) is 31.8 Å². The molecule has 0 aliphatic heterocycles. The van der Waals surface area contributed by atoms with E-state index in [-0.39, 0.29) is 6.10 Å². The fourth-order valence-electron chi connectivity index (χ4n) is 1.23. The maximum absolute atomic E-state index is 10.7. The van der Waals surface area contributed by atoms with E-state index < -0.39 is 7.67 Å². The first kappa shape index (κ1) is 8.21. The smallest absolute Gasteiger partial charge is 0.303 e. The van der Waals surface area contributed by atoms with E-state index in [1.54, 1.807) is 0 Å². The molecule has 4 nitrogen and oxygen atoms in total. The van der Waals surface area contributed by atoms with Crippen LogP contribution in [0.2, 0.25) is 0 Å². The highest BCUT2D eigenvalue weighted by atomic mass is 31.2. The van der Waals surface area contributed by atoms with Crippen LogP contribution in [0, 0.1) is 0 Å². The second-order valence-corrected chi connectivity index (χ2v) is 4.16. The minimum Gasteiger partial charge on any atom is -0.303 e. The standard InChI is InChI=1S/C5H13N2O2P/c6-10(7,8)9-5-3-1-2-4-5/h5H,1-4H2,(H4,6,7,8). The van der Waals surface area contributed by atoms with Crippen molar-refractivity contribution < 1.29 is 9.09 Å². The van der Waals surface area contributed by atoms with Crippen molar-refractivity contribution >= 4 is 7.67 Å². The molecule has 0 radical (unpaired) electrons. The molecule has 0 heterocycles. The van der Waals surface area contributed by atoms with Crippen molar-refractivity contribution in [3.8, 4) is 0 Å². The molecule has 0 atom stereocenters. The lowest BCUT2D eigenvalue weighted by Gasteiger charge is -2.12. The largest absolute Gasteiger partial charge is 0.335 e. The van der Waals surface area contributed by atoms with E-state index in [0.717, 1.165) is 25.7 Å². The van der Waals surface area contributed by atoms with Gasteiger partial charge in [-0.05, 0) is 12.8 Å². The molecule has 0 unspecified atom stereocenters.